The molecule has 2 rings (SSSR count). The predicted octanol–water partition coefficient (Wildman–Crippen LogP) is 3.76. The van der Waals surface area contributed by atoms with Gasteiger partial charge in [-0.3, -0.25) is 24.0 Å². The minimum atomic E-state index is -0.827. The van der Waals surface area contributed by atoms with Gasteiger partial charge in [0.2, 0.25) is 11.8 Å². The number of carbonyl (C=O) groups excluding carboxylic acids is 8. The fourth-order valence-electron chi connectivity index (χ4n) is 5.25. The van der Waals surface area contributed by atoms with E-state index < -0.39 is 53.3 Å². The zero-order chi connectivity index (χ0) is 38.8. The molecule has 16 heteroatoms. The third-order valence-electron chi connectivity index (χ3n) is 7.98. The number of hydrogen-bond acceptors (Lipinski definition) is 10. The van der Waals surface area contributed by atoms with Gasteiger partial charge in [-0.15, -0.1) is 5.06 Å². The first-order valence-corrected chi connectivity index (χ1v) is 17.7. The molecule has 0 aliphatic carbocycles. The Hall–Kier alpha value is -5.02. The number of anilines is 1. The number of imide groups is 1. The number of unbranched alkanes of at least 4 members (excludes halogenated alkanes) is 3. The number of rotatable bonds is 21. The van der Waals surface area contributed by atoms with Gasteiger partial charge in [-0.25, -0.2) is 14.4 Å². The molecule has 52 heavy (non-hydrogen) atoms. The standard InChI is InChI=1S/C36H54N6O10/c1-23(2)32(40-28(44)12-8-6-7-9-13-31(47)52-42-29(45)18-19-30(42)46)27(43)21-25(11-10-20-38-34(37)49)33(48)39-26-16-14-24(15-17-26)22-51-35(50)41-36(3,4)5/h14-17,23,25,32H,6-13,18-22H2,1-5H3,(H,39,48)(H,40,44)(H,41,50)(H3,37,38,49)/t25-,32+/m1/s1. The van der Waals surface area contributed by atoms with Gasteiger partial charge in [0.05, 0.1) is 6.04 Å². The van der Waals surface area contributed by atoms with Crippen LogP contribution in [0.25, 0.3) is 0 Å². The Morgan fingerprint density at radius 1 is 0.885 bits per heavy atom. The highest BCUT2D eigenvalue weighted by Gasteiger charge is 2.33. The Morgan fingerprint density at radius 3 is 2.08 bits per heavy atom. The number of nitrogens with one attached hydrogen (secondary N) is 4. The van der Waals surface area contributed by atoms with Crippen molar-refractivity contribution >= 4 is 53.2 Å². The molecule has 1 saturated heterocycles. The highest BCUT2D eigenvalue weighted by molar-refractivity contribution is 6.01. The number of Topliss-reactive ketones (excluding diaryl/α,β-unsaturated/α-hetero) is 1. The maximum atomic E-state index is 13.5. The summed E-state index contributed by atoms with van der Waals surface area (Å²) in [6.45, 7) is 9.37. The van der Waals surface area contributed by atoms with Gasteiger partial charge >= 0.3 is 18.1 Å². The molecule has 288 valence electrons. The summed E-state index contributed by atoms with van der Waals surface area (Å²) in [5, 5.41) is 11.3. The van der Waals surface area contributed by atoms with Crippen LogP contribution in [0.15, 0.2) is 24.3 Å². The summed E-state index contributed by atoms with van der Waals surface area (Å²) in [4.78, 5) is 103. The van der Waals surface area contributed by atoms with Gasteiger partial charge in [-0.05, 0) is 70.1 Å². The molecule has 7 amide bonds. The van der Waals surface area contributed by atoms with E-state index in [1.807, 2.05) is 20.8 Å². The monoisotopic (exact) mass is 730 g/mol. The number of hydrogen-bond donors (Lipinski definition) is 5. The summed E-state index contributed by atoms with van der Waals surface area (Å²) in [6, 6.07) is 5.21. The number of nitrogens with zero attached hydrogens (tertiary/aromatic N) is 1. The number of alkyl carbamates (subject to hydrolysis) is 1. The van der Waals surface area contributed by atoms with Gasteiger partial charge in [-0.2, -0.15) is 0 Å². The molecule has 0 saturated carbocycles. The quantitative estimate of drug-likeness (QED) is 0.0908. The molecular weight excluding hydrogens is 676 g/mol. The average molecular weight is 731 g/mol. The lowest BCUT2D eigenvalue weighted by Gasteiger charge is -2.24. The van der Waals surface area contributed by atoms with Crippen molar-refractivity contribution in [1.82, 2.24) is 21.0 Å². The van der Waals surface area contributed by atoms with Crippen molar-refractivity contribution in [3.8, 4) is 0 Å². The van der Waals surface area contributed by atoms with Crippen LogP contribution in [0.5, 0.6) is 0 Å². The Balaban J connectivity index is 1.88. The molecule has 0 aromatic heterocycles. The first-order chi connectivity index (χ1) is 24.4. The van der Waals surface area contributed by atoms with Crippen LogP contribution in [-0.4, -0.2) is 70.7 Å². The zero-order valence-corrected chi connectivity index (χ0v) is 30.8. The summed E-state index contributed by atoms with van der Waals surface area (Å²) in [5.41, 5.74) is 5.90. The number of amides is 7. The SMILES string of the molecule is CC(C)[C@H](NC(=O)CCCCCCC(=O)ON1C(=O)CCC1=O)C(=O)C[C@@H](CCCNC(N)=O)C(=O)Nc1ccc(COC(=O)NC(C)(C)C)cc1. The van der Waals surface area contributed by atoms with E-state index in [1.165, 1.54) is 0 Å². The fraction of sp³-hybridized carbons (Fsp3) is 0.611. The molecule has 1 fully saturated rings. The summed E-state index contributed by atoms with van der Waals surface area (Å²) < 4.78 is 5.24. The molecule has 0 spiro atoms. The van der Waals surface area contributed by atoms with Crippen molar-refractivity contribution in [3.05, 3.63) is 29.8 Å². The highest BCUT2D eigenvalue weighted by atomic mass is 16.7. The van der Waals surface area contributed by atoms with E-state index >= 15 is 0 Å². The lowest BCUT2D eigenvalue weighted by molar-refractivity contribution is -0.197. The van der Waals surface area contributed by atoms with Gasteiger partial charge in [0.25, 0.3) is 11.8 Å². The van der Waals surface area contributed by atoms with Gasteiger partial charge in [0, 0.05) is 55.8 Å². The Kier molecular flexibility index (Phi) is 17.7. The maximum Gasteiger partial charge on any atom is 0.407 e. The molecule has 1 aliphatic heterocycles. The van der Waals surface area contributed by atoms with Crippen LogP contribution in [-0.2, 0) is 44.9 Å². The van der Waals surface area contributed by atoms with Crippen molar-refractivity contribution < 1.29 is 47.9 Å². The van der Waals surface area contributed by atoms with Crippen molar-refractivity contribution in [2.24, 2.45) is 17.6 Å². The molecule has 6 N–H and O–H groups in total. The Morgan fingerprint density at radius 2 is 1.50 bits per heavy atom. The lowest BCUT2D eigenvalue weighted by atomic mass is 9.89. The number of urea groups is 1. The van der Waals surface area contributed by atoms with Gasteiger partial charge in [0.1, 0.15) is 6.61 Å². The van der Waals surface area contributed by atoms with E-state index in [1.54, 1.807) is 38.1 Å². The summed E-state index contributed by atoms with van der Waals surface area (Å²) in [7, 11) is 0. The minimum absolute atomic E-state index is 0.0262. The number of primary amides is 1. The van der Waals surface area contributed by atoms with E-state index in [-0.39, 0.29) is 69.3 Å². The first-order valence-electron chi connectivity index (χ1n) is 17.7. The molecule has 1 aliphatic rings. The van der Waals surface area contributed by atoms with Crippen LogP contribution < -0.4 is 27.0 Å². The van der Waals surface area contributed by atoms with E-state index in [0.29, 0.717) is 48.4 Å². The molecular formula is C36H54N6O10. The number of ether oxygens (including phenoxy) is 1. The zero-order valence-electron chi connectivity index (χ0n) is 30.8. The van der Waals surface area contributed by atoms with E-state index in [9.17, 15) is 38.4 Å². The number of ketones is 1. The highest BCUT2D eigenvalue weighted by Crippen LogP contribution is 2.20. The second-order valence-corrected chi connectivity index (χ2v) is 14.2. The van der Waals surface area contributed by atoms with Crippen molar-refractivity contribution in [1.29, 1.82) is 0 Å². The van der Waals surface area contributed by atoms with Gasteiger partial charge in [0.15, 0.2) is 5.78 Å². The van der Waals surface area contributed by atoms with Crippen LogP contribution in [0.4, 0.5) is 15.3 Å². The van der Waals surface area contributed by atoms with Crippen molar-refractivity contribution in [2.45, 2.75) is 123 Å². The molecule has 0 radical (unpaired) electrons. The van der Waals surface area contributed by atoms with E-state index in [2.05, 4.69) is 21.3 Å². The predicted molar refractivity (Wildman–Crippen MR) is 190 cm³/mol. The second kappa shape index (κ2) is 21.4. The molecule has 1 heterocycles. The minimum Gasteiger partial charge on any atom is -0.445 e. The normalized spacial score (nSPS) is 14.0. The number of hydroxylamine groups is 2. The van der Waals surface area contributed by atoms with Crippen LogP contribution >= 0.6 is 0 Å². The average Bonchev–Trinajstić information content (AvgIpc) is 3.37. The van der Waals surface area contributed by atoms with Crippen LogP contribution in [0.3, 0.4) is 0 Å². The first kappa shape index (κ1) is 43.1. The number of benzene rings is 1. The van der Waals surface area contributed by atoms with Crippen LogP contribution in [0.1, 0.15) is 111 Å². The number of carbonyl (C=O) groups is 8. The molecule has 0 bridgehead atoms. The molecule has 1 aromatic rings. The summed E-state index contributed by atoms with van der Waals surface area (Å²) in [6.07, 6.45) is 2.39. The molecule has 2 atom stereocenters. The largest absolute Gasteiger partial charge is 0.445 e. The summed E-state index contributed by atoms with van der Waals surface area (Å²) >= 11 is 0. The van der Waals surface area contributed by atoms with Crippen molar-refractivity contribution in [3.63, 3.8) is 0 Å². The Labute approximate surface area is 304 Å². The van der Waals surface area contributed by atoms with E-state index in [0.717, 1.165) is 0 Å². The molecule has 16 nitrogen and oxygen atoms in total. The van der Waals surface area contributed by atoms with Crippen LogP contribution in [0, 0.1) is 11.8 Å². The topological polar surface area (TPSA) is 232 Å². The van der Waals surface area contributed by atoms with Gasteiger partial charge in [-0.1, -0.05) is 38.8 Å². The lowest BCUT2D eigenvalue weighted by Crippen LogP contribution is -2.45. The molecule has 1 aromatic carbocycles. The van der Waals surface area contributed by atoms with Crippen molar-refractivity contribution in [2.75, 3.05) is 11.9 Å². The van der Waals surface area contributed by atoms with Gasteiger partial charge < -0.3 is 36.6 Å². The summed E-state index contributed by atoms with van der Waals surface area (Å²) in [5.74, 6) is -3.78. The Bertz CT molecular complexity index is 1410. The third kappa shape index (κ3) is 16.8. The maximum absolute atomic E-state index is 13.5. The third-order valence-corrected chi connectivity index (χ3v) is 7.98. The number of nitrogens with two attached hydrogens (primary N) is 1. The fourth-order valence-corrected chi connectivity index (χ4v) is 5.25. The molecule has 0 unspecified atom stereocenters. The smallest absolute Gasteiger partial charge is 0.407 e. The van der Waals surface area contributed by atoms with Crippen LogP contribution in [0.2, 0.25) is 0 Å². The van der Waals surface area contributed by atoms with E-state index in [4.69, 9.17) is 15.3 Å². The second-order valence-electron chi connectivity index (χ2n) is 14.2.